The Balaban J connectivity index is 1.34. The van der Waals surface area contributed by atoms with Gasteiger partial charge in [0.2, 0.25) is 0 Å². The van der Waals surface area contributed by atoms with Crippen molar-refractivity contribution in [3.63, 3.8) is 0 Å². The molecule has 0 heterocycles. The maximum atomic E-state index is 3.00. The summed E-state index contributed by atoms with van der Waals surface area (Å²) in [7, 11) is 0. The third-order valence-electron chi connectivity index (χ3n) is 5.94. The quantitative estimate of drug-likeness (QED) is 0.233. The Labute approximate surface area is 282 Å². The van der Waals surface area contributed by atoms with Crippen LogP contribution >= 0.6 is 0 Å². The average Bonchev–Trinajstić information content (AvgIpc) is 3.12. The zero-order chi connectivity index (χ0) is 32.9. The average molecular weight is 593 g/mol. The monoisotopic (exact) mass is 592 g/mol. The maximum absolute atomic E-state index is 3.00. The van der Waals surface area contributed by atoms with Crippen LogP contribution in [0.3, 0.4) is 0 Å². The predicted octanol–water partition coefficient (Wildman–Crippen LogP) is 5.63. The van der Waals surface area contributed by atoms with E-state index in [0.29, 0.717) is 0 Å². The second kappa shape index (κ2) is 17.7. The van der Waals surface area contributed by atoms with Crippen LogP contribution in [0.15, 0.2) is 97.1 Å². The minimum atomic E-state index is 0.826. The van der Waals surface area contributed by atoms with Crippen LogP contribution in [0.25, 0.3) is 0 Å². The second-order valence-electron chi connectivity index (χ2n) is 9.31. The fraction of sp³-hybridized carbons (Fsp3) is 0. The molecule has 0 saturated heterocycles. The van der Waals surface area contributed by atoms with Gasteiger partial charge in [0, 0.05) is 44.5 Å². The second-order valence-corrected chi connectivity index (χ2v) is 9.31. The summed E-state index contributed by atoms with van der Waals surface area (Å²) in [6, 6.07) is 30.1. The molecule has 7 aliphatic carbocycles. The highest BCUT2D eigenvalue weighted by molar-refractivity contribution is 5.52. The summed E-state index contributed by atoms with van der Waals surface area (Å²) in [5, 5.41) is 0. The van der Waals surface area contributed by atoms with Crippen LogP contribution in [0.2, 0.25) is 0 Å². The Hall–Kier alpha value is -8.40. The summed E-state index contributed by atoms with van der Waals surface area (Å²) in [4.78, 5) is 0. The Kier molecular flexibility index (Phi) is 11.4. The highest BCUT2D eigenvalue weighted by Crippen LogP contribution is 2.04. The molecule has 4 aromatic rings. The van der Waals surface area contributed by atoms with Crippen molar-refractivity contribution >= 4 is 0 Å². The molecule has 0 radical (unpaired) electrons. The number of benzene rings is 4. The molecule has 48 heavy (non-hydrogen) atoms. The first-order valence-corrected chi connectivity index (χ1v) is 14.3. The van der Waals surface area contributed by atoms with Crippen LogP contribution in [0.5, 0.6) is 0 Å². The number of hydrogen-bond acceptors (Lipinski definition) is 0. The van der Waals surface area contributed by atoms with Gasteiger partial charge in [-0.2, -0.15) is 0 Å². The van der Waals surface area contributed by atoms with E-state index in [-0.39, 0.29) is 0 Å². The molecular formula is C48H16. The first-order chi connectivity index (χ1) is 23.8. The molecule has 11 rings (SSSR count). The molecule has 0 nitrogen and oxygen atoms in total. The number of hydrogen-bond donors (Lipinski definition) is 0. The van der Waals surface area contributed by atoms with Gasteiger partial charge in [-0.05, 0) is 192 Å². The van der Waals surface area contributed by atoms with Gasteiger partial charge in [-0.15, -0.1) is 0 Å². The van der Waals surface area contributed by atoms with E-state index >= 15 is 0 Å². The van der Waals surface area contributed by atoms with Gasteiger partial charge in [0.1, 0.15) is 0 Å². The van der Waals surface area contributed by atoms with E-state index in [4.69, 9.17) is 0 Å². The molecule has 208 valence electrons. The molecule has 0 heteroatoms. The summed E-state index contributed by atoms with van der Waals surface area (Å²) in [6.07, 6.45) is 0. The Morgan fingerprint density at radius 2 is 0.250 bits per heavy atom. The molecule has 0 unspecified atom stereocenters. The van der Waals surface area contributed by atoms with Gasteiger partial charge in [-0.25, -0.2) is 0 Å². The van der Waals surface area contributed by atoms with E-state index < -0.39 is 0 Å². The summed E-state index contributed by atoms with van der Waals surface area (Å²) in [6.45, 7) is 0. The smallest absolute Gasteiger partial charge is 0.0256 e. The van der Waals surface area contributed by atoms with Gasteiger partial charge in [-0.3, -0.25) is 0 Å². The SMILES string of the molecule is C1#CC#Cc2ccc(cc2)C#CC#CC#Cc2ccc(cc2)C#CC#CC#Cc2ccc(cc2)C#CC#CC#Cc2ccc(cc2)C#C1. The van der Waals surface area contributed by atoms with E-state index in [1.807, 2.05) is 97.1 Å². The summed E-state index contributed by atoms with van der Waals surface area (Å²) in [5.74, 6) is 68.6. The maximum Gasteiger partial charge on any atom is 0.0256 e. The van der Waals surface area contributed by atoms with Crippen molar-refractivity contribution in [1.82, 2.24) is 0 Å². The van der Waals surface area contributed by atoms with Crippen LogP contribution in [0, 0.1) is 142 Å². The van der Waals surface area contributed by atoms with E-state index in [9.17, 15) is 0 Å². The minimum Gasteiger partial charge on any atom is -0.0528 e. The summed E-state index contributed by atoms with van der Waals surface area (Å²) in [5.41, 5.74) is 6.61. The Bertz CT molecular complexity index is 2090. The number of rotatable bonds is 0. The van der Waals surface area contributed by atoms with Crippen molar-refractivity contribution in [1.29, 1.82) is 0 Å². The van der Waals surface area contributed by atoms with Crippen LogP contribution in [-0.2, 0) is 0 Å². The molecule has 4 aromatic carbocycles. The summed E-state index contributed by atoms with van der Waals surface area (Å²) < 4.78 is 0. The normalized spacial score (nSPS) is 9.67. The first-order valence-electron chi connectivity index (χ1n) is 14.3. The van der Waals surface area contributed by atoms with E-state index in [2.05, 4.69) is 142 Å². The largest absolute Gasteiger partial charge is 0.0528 e. The lowest BCUT2D eigenvalue weighted by Gasteiger charge is -1.90. The highest BCUT2D eigenvalue weighted by Gasteiger charge is 1.90. The third-order valence-corrected chi connectivity index (χ3v) is 5.94. The van der Waals surface area contributed by atoms with Gasteiger partial charge < -0.3 is 0 Å². The van der Waals surface area contributed by atoms with Crippen LogP contribution in [0.4, 0.5) is 0 Å². The highest BCUT2D eigenvalue weighted by atomic mass is 13.9. The van der Waals surface area contributed by atoms with E-state index in [1.54, 1.807) is 0 Å². The van der Waals surface area contributed by atoms with Crippen LogP contribution < -0.4 is 0 Å². The van der Waals surface area contributed by atoms with Gasteiger partial charge in [0.15, 0.2) is 0 Å². The first kappa shape index (κ1) is 31.0. The van der Waals surface area contributed by atoms with Crippen molar-refractivity contribution in [2.75, 3.05) is 0 Å². The van der Waals surface area contributed by atoms with Crippen molar-refractivity contribution in [3.05, 3.63) is 142 Å². The van der Waals surface area contributed by atoms with Crippen LogP contribution in [-0.4, -0.2) is 0 Å². The zero-order valence-corrected chi connectivity index (χ0v) is 25.2. The Morgan fingerprint density at radius 3 is 0.354 bits per heavy atom. The molecule has 7 aliphatic rings. The molecule has 0 atom stereocenters. The standard InChI is InChI=1S/C48H16/c1-2-10-18-42-29-31-44(32-30-42)20-12-5-6-14-22-46-37-39-48(40-38-46)24-16-8-7-15-23-47-35-33-45(34-36-47)21-13-4-3-11-19-43-27-25-41(17-9-1)26-28-43/h25-40H. The molecule has 0 saturated carbocycles. The van der Waals surface area contributed by atoms with Gasteiger partial charge in [0.05, 0.1) is 0 Å². The molecule has 0 aliphatic heterocycles. The predicted molar refractivity (Wildman–Crippen MR) is 192 cm³/mol. The third kappa shape index (κ3) is 11.0. The van der Waals surface area contributed by atoms with Gasteiger partial charge >= 0.3 is 0 Å². The fourth-order valence-corrected chi connectivity index (χ4v) is 3.62. The molecule has 0 aromatic heterocycles. The van der Waals surface area contributed by atoms with E-state index in [1.165, 1.54) is 0 Å². The zero-order valence-electron chi connectivity index (χ0n) is 25.2. The van der Waals surface area contributed by atoms with Crippen molar-refractivity contribution in [2.45, 2.75) is 0 Å². The Morgan fingerprint density at radius 1 is 0.146 bits per heavy atom. The molecule has 0 N–H and O–H groups in total. The molecule has 0 spiro atoms. The lowest BCUT2D eigenvalue weighted by molar-refractivity contribution is 1.60. The minimum absolute atomic E-state index is 0.826. The lowest BCUT2D eigenvalue weighted by Crippen LogP contribution is -1.77. The van der Waals surface area contributed by atoms with Crippen molar-refractivity contribution < 1.29 is 0 Å². The van der Waals surface area contributed by atoms with Crippen molar-refractivity contribution in [2.24, 2.45) is 0 Å². The topological polar surface area (TPSA) is 0 Å². The van der Waals surface area contributed by atoms with E-state index in [0.717, 1.165) is 44.5 Å². The molecular weight excluding hydrogens is 577 g/mol. The van der Waals surface area contributed by atoms with Gasteiger partial charge in [0.25, 0.3) is 0 Å². The fourth-order valence-electron chi connectivity index (χ4n) is 3.62. The molecule has 0 fully saturated rings. The molecule has 0 amide bonds. The lowest BCUT2D eigenvalue weighted by atomic mass is 10.1. The van der Waals surface area contributed by atoms with Gasteiger partial charge in [-0.1, -0.05) is 47.4 Å². The van der Waals surface area contributed by atoms with Crippen LogP contribution in [0.1, 0.15) is 44.5 Å². The van der Waals surface area contributed by atoms with Crippen molar-refractivity contribution in [3.8, 4) is 142 Å². The molecule has 8 bridgehead atoms. The summed E-state index contributed by atoms with van der Waals surface area (Å²) >= 11 is 0.